The first kappa shape index (κ1) is 16.3. The highest BCUT2D eigenvalue weighted by Gasteiger charge is 2.27. The quantitative estimate of drug-likeness (QED) is 0.798. The predicted molar refractivity (Wildman–Crippen MR) is 81.5 cm³/mol. The van der Waals surface area contributed by atoms with E-state index in [1.807, 2.05) is 0 Å². The van der Waals surface area contributed by atoms with Crippen LogP contribution in [-0.4, -0.2) is 48.5 Å². The van der Waals surface area contributed by atoms with Gasteiger partial charge in [-0.1, -0.05) is 0 Å². The Kier molecular flexibility index (Phi) is 5.31. The molecule has 1 fully saturated rings. The van der Waals surface area contributed by atoms with Crippen molar-refractivity contribution < 1.29 is 13.2 Å². The molecule has 0 spiro atoms. The zero-order valence-electron chi connectivity index (χ0n) is 11.9. The average Bonchev–Trinajstić information content (AvgIpc) is 2.97. The number of nitrogens with zero attached hydrogens (tertiary/aromatic N) is 2. The van der Waals surface area contributed by atoms with Crippen molar-refractivity contribution in [1.82, 2.24) is 14.6 Å². The highest BCUT2D eigenvalue weighted by atomic mass is 32.2. The molecule has 0 atom stereocenters. The van der Waals surface area contributed by atoms with Gasteiger partial charge in [-0.15, -0.1) is 11.3 Å². The molecule has 118 valence electrons. The van der Waals surface area contributed by atoms with Crippen molar-refractivity contribution in [3.63, 3.8) is 0 Å². The molecule has 1 aliphatic rings. The van der Waals surface area contributed by atoms with Gasteiger partial charge in [0.25, 0.3) is 5.91 Å². The molecule has 0 saturated carbocycles. The van der Waals surface area contributed by atoms with Crippen LogP contribution in [0.2, 0.25) is 0 Å². The maximum Gasteiger partial charge on any atom is 0.270 e. The fourth-order valence-electron chi connectivity index (χ4n) is 2.23. The van der Waals surface area contributed by atoms with E-state index in [1.54, 1.807) is 12.3 Å². The third-order valence-electron chi connectivity index (χ3n) is 3.51. The minimum Gasteiger partial charge on any atom is -0.348 e. The van der Waals surface area contributed by atoms with Crippen molar-refractivity contribution in [3.8, 4) is 0 Å². The molecule has 1 aromatic heterocycles. The number of thiazole rings is 1. The number of piperidine rings is 1. The standard InChI is InChI=1S/C12H20N4O3S2/c1-2-21(18,19)16-5-3-9(4-6-16)14-12(17)10-8-20-11(7-13)15-10/h8-9H,2-7,13H2,1H3,(H,14,17). The molecule has 0 unspecified atom stereocenters. The van der Waals surface area contributed by atoms with Gasteiger partial charge in [0.15, 0.2) is 0 Å². The number of carbonyl (C=O) groups excluding carboxylic acids is 1. The number of hydrogen-bond acceptors (Lipinski definition) is 6. The second-order valence-corrected chi connectivity index (χ2v) is 8.08. The van der Waals surface area contributed by atoms with Crippen LogP contribution in [0.25, 0.3) is 0 Å². The Balaban J connectivity index is 1.87. The molecule has 21 heavy (non-hydrogen) atoms. The van der Waals surface area contributed by atoms with E-state index in [1.165, 1.54) is 15.6 Å². The van der Waals surface area contributed by atoms with Crippen LogP contribution in [0.5, 0.6) is 0 Å². The van der Waals surface area contributed by atoms with Gasteiger partial charge in [0, 0.05) is 31.1 Å². The first-order valence-corrected chi connectivity index (χ1v) is 9.38. The fourth-order valence-corrected chi connectivity index (χ4v) is 4.02. The first-order chi connectivity index (χ1) is 9.96. The van der Waals surface area contributed by atoms with Gasteiger partial charge in [0.2, 0.25) is 10.0 Å². The maximum absolute atomic E-state index is 12.0. The number of carbonyl (C=O) groups is 1. The SMILES string of the molecule is CCS(=O)(=O)N1CCC(NC(=O)c2csc(CN)n2)CC1. The predicted octanol–water partition coefficient (Wildman–Crippen LogP) is 0.146. The largest absolute Gasteiger partial charge is 0.348 e. The molecular formula is C12H20N4O3S2. The molecule has 0 bridgehead atoms. The van der Waals surface area contributed by atoms with Crippen LogP contribution in [0.15, 0.2) is 5.38 Å². The molecule has 1 aliphatic heterocycles. The van der Waals surface area contributed by atoms with Crippen LogP contribution in [0, 0.1) is 0 Å². The molecule has 2 rings (SSSR count). The van der Waals surface area contributed by atoms with E-state index in [0.29, 0.717) is 38.2 Å². The second kappa shape index (κ2) is 6.82. The number of rotatable bonds is 5. The number of nitrogens with one attached hydrogen (secondary N) is 1. The van der Waals surface area contributed by atoms with Crippen LogP contribution in [0.3, 0.4) is 0 Å². The van der Waals surface area contributed by atoms with Crippen LogP contribution in [0.4, 0.5) is 0 Å². The second-order valence-electron chi connectivity index (χ2n) is 4.88. The molecule has 9 heteroatoms. The van der Waals surface area contributed by atoms with Crippen molar-refractivity contribution in [2.45, 2.75) is 32.4 Å². The van der Waals surface area contributed by atoms with E-state index in [2.05, 4.69) is 10.3 Å². The van der Waals surface area contributed by atoms with Gasteiger partial charge in [0.05, 0.1) is 5.75 Å². The summed E-state index contributed by atoms with van der Waals surface area (Å²) in [5.74, 6) is -0.104. The normalized spacial score (nSPS) is 17.8. The third kappa shape index (κ3) is 4.00. The maximum atomic E-state index is 12.0. The summed E-state index contributed by atoms with van der Waals surface area (Å²) in [5, 5.41) is 5.32. The summed E-state index contributed by atoms with van der Waals surface area (Å²) in [7, 11) is -3.13. The van der Waals surface area contributed by atoms with E-state index in [4.69, 9.17) is 5.73 Å². The lowest BCUT2D eigenvalue weighted by molar-refractivity contribution is 0.0919. The van der Waals surface area contributed by atoms with Gasteiger partial charge < -0.3 is 11.1 Å². The molecule has 2 heterocycles. The van der Waals surface area contributed by atoms with E-state index in [9.17, 15) is 13.2 Å². The number of sulfonamides is 1. The molecule has 1 amide bonds. The number of amides is 1. The van der Waals surface area contributed by atoms with Crippen LogP contribution < -0.4 is 11.1 Å². The van der Waals surface area contributed by atoms with E-state index in [-0.39, 0.29) is 17.7 Å². The summed E-state index contributed by atoms with van der Waals surface area (Å²) in [5.41, 5.74) is 5.85. The van der Waals surface area contributed by atoms with Gasteiger partial charge in [-0.05, 0) is 19.8 Å². The van der Waals surface area contributed by atoms with Crippen LogP contribution in [0.1, 0.15) is 35.3 Å². The van der Waals surface area contributed by atoms with Crippen molar-refractivity contribution in [3.05, 3.63) is 16.1 Å². The Labute approximate surface area is 128 Å². The third-order valence-corrected chi connectivity index (χ3v) is 6.26. The Hall–Kier alpha value is -1.03. The van der Waals surface area contributed by atoms with E-state index >= 15 is 0 Å². The molecule has 0 aliphatic carbocycles. The van der Waals surface area contributed by atoms with Gasteiger partial charge in [-0.2, -0.15) is 0 Å². The summed E-state index contributed by atoms with van der Waals surface area (Å²) in [6.07, 6.45) is 1.25. The monoisotopic (exact) mass is 332 g/mol. The van der Waals surface area contributed by atoms with Gasteiger partial charge >= 0.3 is 0 Å². The van der Waals surface area contributed by atoms with Crippen molar-refractivity contribution in [1.29, 1.82) is 0 Å². The first-order valence-electron chi connectivity index (χ1n) is 6.89. The van der Waals surface area contributed by atoms with Crippen molar-refractivity contribution in [2.75, 3.05) is 18.8 Å². The Morgan fingerprint density at radius 1 is 1.52 bits per heavy atom. The van der Waals surface area contributed by atoms with Crippen molar-refractivity contribution >= 4 is 27.3 Å². The lowest BCUT2D eigenvalue weighted by Gasteiger charge is -2.31. The Bertz CT molecular complexity index is 591. The fraction of sp³-hybridized carbons (Fsp3) is 0.667. The topological polar surface area (TPSA) is 105 Å². The Morgan fingerprint density at radius 3 is 2.71 bits per heavy atom. The smallest absolute Gasteiger partial charge is 0.270 e. The minimum atomic E-state index is -3.13. The molecule has 0 radical (unpaired) electrons. The molecule has 1 aromatic rings. The van der Waals surface area contributed by atoms with Crippen LogP contribution >= 0.6 is 11.3 Å². The number of aromatic nitrogens is 1. The lowest BCUT2D eigenvalue weighted by Crippen LogP contribution is -2.46. The average molecular weight is 332 g/mol. The van der Waals surface area contributed by atoms with Gasteiger partial charge in [0.1, 0.15) is 10.7 Å². The van der Waals surface area contributed by atoms with Gasteiger partial charge in [-0.25, -0.2) is 17.7 Å². The highest BCUT2D eigenvalue weighted by molar-refractivity contribution is 7.89. The number of nitrogens with two attached hydrogens (primary N) is 1. The zero-order valence-corrected chi connectivity index (χ0v) is 13.5. The molecule has 3 N–H and O–H groups in total. The summed E-state index contributed by atoms with van der Waals surface area (Å²) in [6.45, 7) is 2.87. The summed E-state index contributed by atoms with van der Waals surface area (Å²) in [4.78, 5) is 16.2. The minimum absolute atomic E-state index is 0.0103. The summed E-state index contributed by atoms with van der Waals surface area (Å²) in [6, 6.07) is -0.0103. The van der Waals surface area contributed by atoms with E-state index < -0.39 is 10.0 Å². The molecule has 1 saturated heterocycles. The molecule has 0 aromatic carbocycles. The zero-order chi connectivity index (χ0) is 15.5. The summed E-state index contributed by atoms with van der Waals surface area (Å²) < 4.78 is 25.0. The summed E-state index contributed by atoms with van der Waals surface area (Å²) >= 11 is 1.36. The van der Waals surface area contributed by atoms with Gasteiger partial charge in [-0.3, -0.25) is 4.79 Å². The molecule has 7 nitrogen and oxygen atoms in total. The van der Waals surface area contributed by atoms with E-state index in [0.717, 1.165) is 5.01 Å². The van der Waals surface area contributed by atoms with Crippen LogP contribution in [-0.2, 0) is 16.6 Å². The lowest BCUT2D eigenvalue weighted by atomic mass is 10.1. The molecular weight excluding hydrogens is 312 g/mol. The Morgan fingerprint density at radius 2 is 2.19 bits per heavy atom. The highest BCUT2D eigenvalue weighted by Crippen LogP contribution is 2.15. The number of hydrogen-bond donors (Lipinski definition) is 2. The van der Waals surface area contributed by atoms with Crippen molar-refractivity contribution in [2.24, 2.45) is 5.73 Å².